The molecular weight excluding hydrogens is 286 g/mol. The minimum Gasteiger partial charge on any atom is -0.300 e. The van der Waals surface area contributed by atoms with Gasteiger partial charge in [0, 0.05) is 38.1 Å². The van der Waals surface area contributed by atoms with E-state index in [1.54, 1.807) is 0 Å². The maximum Gasteiger partial charge on any atom is 0.101 e. The molecule has 5 nitrogen and oxygen atoms in total. The van der Waals surface area contributed by atoms with E-state index in [9.17, 15) is 0 Å². The van der Waals surface area contributed by atoms with Crippen LogP contribution in [-0.2, 0) is 6.54 Å². The average Bonchev–Trinajstić information content (AvgIpc) is 3.23. The van der Waals surface area contributed by atoms with Gasteiger partial charge in [-0.3, -0.25) is 4.90 Å². The molecule has 1 saturated carbocycles. The van der Waals surface area contributed by atoms with Crippen LogP contribution in [0.15, 0.2) is 30.3 Å². The van der Waals surface area contributed by atoms with Gasteiger partial charge >= 0.3 is 0 Å². The lowest BCUT2D eigenvalue weighted by Gasteiger charge is -2.33. The SMILES string of the molecule is c1ccc(-n2nnc(CN3CCN4CCC3C4)c2C2CC2)cc1. The third kappa shape index (κ3) is 2.48. The Kier molecular flexibility index (Phi) is 3.23. The van der Waals surface area contributed by atoms with E-state index in [0.29, 0.717) is 5.92 Å². The second-order valence-corrected chi connectivity index (χ2v) is 7.16. The third-order valence-electron chi connectivity index (χ3n) is 5.56. The Bertz CT molecular complexity index is 691. The molecule has 1 aliphatic carbocycles. The molecular formula is C18H23N5. The minimum atomic E-state index is 0.657. The van der Waals surface area contributed by atoms with Gasteiger partial charge in [-0.15, -0.1) is 5.10 Å². The standard InChI is InChI=1S/C18H23N5/c1-2-4-15(5-3-1)23-18(14-6-7-14)17(19-20-23)13-22-11-10-21-9-8-16(22)12-21/h1-5,14,16H,6-13H2. The zero-order valence-corrected chi connectivity index (χ0v) is 13.4. The topological polar surface area (TPSA) is 37.2 Å². The summed E-state index contributed by atoms with van der Waals surface area (Å²) in [6.45, 7) is 5.87. The highest BCUT2D eigenvalue weighted by atomic mass is 15.4. The molecule has 2 saturated heterocycles. The maximum atomic E-state index is 4.59. The second kappa shape index (κ2) is 5.42. The van der Waals surface area contributed by atoms with Crippen molar-refractivity contribution in [2.24, 2.45) is 0 Å². The fourth-order valence-corrected chi connectivity index (χ4v) is 4.12. The molecule has 0 N–H and O–H groups in total. The molecule has 0 radical (unpaired) electrons. The number of rotatable bonds is 4. The summed E-state index contributed by atoms with van der Waals surface area (Å²) in [7, 11) is 0. The number of hydrogen-bond donors (Lipinski definition) is 0. The quantitative estimate of drug-likeness (QED) is 0.866. The van der Waals surface area contributed by atoms with Crippen molar-refractivity contribution in [2.45, 2.75) is 37.8 Å². The molecule has 2 atom stereocenters. The van der Waals surface area contributed by atoms with Crippen LogP contribution in [0.4, 0.5) is 0 Å². The molecule has 5 rings (SSSR count). The summed E-state index contributed by atoms with van der Waals surface area (Å²) >= 11 is 0. The summed E-state index contributed by atoms with van der Waals surface area (Å²) in [5.41, 5.74) is 3.70. The molecule has 1 aromatic heterocycles. The van der Waals surface area contributed by atoms with Gasteiger partial charge in [-0.1, -0.05) is 23.4 Å². The van der Waals surface area contributed by atoms with Crippen LogP contribution < -0.4 is 0 Å². The lowest BCUT2D eigenvalue weighted by atomic mass is 10.1. The van der Waals surface area contributed by atoms with Crippen LogP contribution >= 0.6 is 0 Å². The number of nitrogens with zero attached hydrogens (tertiary/aromatic N) is 5. The van der Waals surface area contributed by atoms with Gasteiger partial charge in [0.2, 0.25) is 0 Å². The Morgan fingerprint density at radius 3 is 2.70 bits per heavy atom. The first-order valence-electron chi connectivity index (χ1n) is 8.85. The highest BCUT2D eigenvalue weighted by Crippen LogP contribution is 2.42. The van der Waals surface area contributed by atoms with Crippen molar-refractivity contribution in [1.29, 1.82) is 0 Å². The van der Waals surface area contributed by atoms with E-state index in [1.165, 1.54) is 56.8 Å². The normalized spacial score (nSPS) is 27.5. The van der Waals surface area contributed by atoms with E-state index < -0.39 is 0 Å². The van der Waals surface area contributed by atoms with Gasteiger partial charge in [0.25, 0.3) is 0 Å². The number of para-hydroxylation sites is 1. The largest absolute Gasteiger partial charge is 0.300 e. The molecule has 3 heterocycles. The smallest absolute Gasteiger partial charge is 0.101 e. The lowest BCUT2D eigenvalue weighted by molar-refractivity contribution is 0.127. The zero-order chi connectivity index (χ0) is 15.2. The molecule has 2 bridgehead atoms. The molecule has 120 valence electrons. The average molecular weight is 309 g/mol. The summed E-state index contributed by atoms with van der Waals surface area (Å²) in [5, 5.41) is 9.09. The first kappa shape index (κ1) is 13.7. The molecule has 2 aromatic rings. The van der Waals surface area contributed by atoms with Gasteiger partial charge in [-0.05, 0) is 37.9 Å². The van der Waals surface area contributed by atoms with E-state index in [1.807, 2.05) is 0 Å². The van der Waals surface area contributed by atoms with Crippen LogP contribution in [0.25, 0.3) is 5.69 Å². The van der Waals surface area contributed by atoms with Gasteiger partial charge in [0.1, 0.15) is 5.69 Å². The van der Waals surface area contributed by atoms with Crippen LogP contribution in [-0.4, -0.2) is 57.0 Å². The fourth-order valence-electron chi connectivity index (χ4n) is 4.12. The molecule has 3 fully saturated rings. The number of hydrogen-bond acceptors (Lipinski definition) is 4. The molecule has 2 unspecified atom stereocenters. The van der Waals surface area contributed by atoms with Crippen molar-refractivity contribution in [1.82, 2.24) is 24.8 Å². The van der Waals surface area contributed by atoms with Crippen molar-refractivity contribution >= 4 is 0 Å². The van der Waals surface area contributed by atoms with Crippen molar-refractivity contribution in [3.05, 3.63) is 41.7 Å². The van der Waals surface area contributed by atoms with Crippen molar-refractivity contribution < 1.29 is 0 Å². The molecule has 1 aromatic carbocycles. The van der Waals surface area contributed by atoms with E-state index >= 15 is 0 Å². The van der Waals surface area contributed by atoms with E-state index in [0.717, 1.165) is 18.3 Å². The number of fused-ring (bicyclic) bond motifs is 2. The van der Waals surface area contributed by atoms with E-state index in [2.05, 4.69) is 55.1 Å². The molecule has 23 heavy (non-hydrogen) atoms. The minimum absolute atomic E-state index is 0.657. The van der Waals surface area contributed by atoms with Crippen LogP contribution in [0, 0.1) is 0 Å². The maximum absolute atomic E-state index is 4.59. The van der Waals surface area contributed by atoms with Gasteiger partial charge in [-0.25, -0.2) is 4.68 Å². The highest BCUT2D eigenvalue weighted by molar-refractivity contribution is 5.35. The number of benzene rings is 1. The predicted molar refractivity (Wildman–Crippen MR) is 88.6 cm³/mol. The van der Waals surface area contributed by atoms with Crippen LogP contribution in [0.5, 0.6) is 0 Å². The Morgan fingerprint density at radius 2 is 1.87 bits per heavy atom. The molecule has 5 heteroatoms. The summed E-state index contributed by atoms with van der Waals surface area (Å²) < 4.78 is 2.08. The van der Waals surface area contributed by atoms with Gasteiger partial charge in [-0.2, -0.15) is 0 Å². The zero-order valence-electron chi connectivity index (χ0n) is 13.4. The molecule has 3 aliphatic rings. The lowest BCUT2D eigenvalue weighted by Crippen LogP contribution is -2.46. The Morgan fingerprint density at radius 1 is 1.00 bits per heavy atom. The van der Waals surface area contributed by atoms with Crippen LogP contribution in [0.1, 0.15) is 36.6 Å². The van der Waals surface area contributed by atoms with E-state index in [-0.39, 0.29) is 0 Å². The van der Waals surface area contributed by atoms with Gasteiger partial charge in [0.05, 0.1) is 11.4 Å². The summed E-state index contributed by atoms with van der Waals surface area (Å²) in [6, 6.07) is 11.2. The summed E-state index contributed by atoms with van der Waals surface area (Å²) in [6.07, 6.45) is 3.88. The molecule has 0 spiro atoms. The van der Waals surface area contributed by atoms with Gasteiger partial charge < -0.3 is 4.90 Å². The Balaban J connectivity index is 1.45. The number of aromatic nitrogens is 3. The van der Waals surface area contributed by atoms with Crippen molar-refractivity contribution in [2.75, 3.05) is 26.2 Å². The molecule has 0 amide bonds. The van der Waals surface area contributed by atoms with Crippen LogP contribution in [0.3, 0.4) is 0 Å². The summed E-state index contributed by atoms with van der Waals surface area (Å²) in [4.78, 5) is 5.22. The third-order valence-corrected chi connectivity index (χ3v) is 5.56. The Hall–Kier alpha value is -1.72. The monoisotopic (exact) mass is 309 g/mol. The number of piperazine rings is 1. The first-order valence-corrected chi connectivity index (χ1v) is 8.85. The van der Waals surface area contributed by atoms with Crippen molar-refractivity contribution in [3.63, 3.8) is 0 Å². The first-order chi connectivity index (χ1) is 11.4. The van der Waals surface area contributed by atoms with Crippen LogP contribution in [0.2, 0.25) is 0 Å². The fraction of sp³-hybridized carbons (Fsp3) is 0.556. The van der Waals surface area contributed by atoms with E-state index in [4.69, 9.17) is 0 Å². The predicted octanol–water partition coefficient (Wildman–Crippen LogP) is 2.03. The summed E-state index contributed by atoms with van der Waals surface area (Å²) in [5.74, 6) is 0.657. The highest BCUT2D eigenvalue weighted by Gasteiger charge is 2.36. The second-order valence-electron chi connectivity index (χ2n) is 7.16. The Labute approximate surface area is 136 Å². The van der Waals surface area contributed by atoms with Crippen molar-refractivity contribution in [3.8, 4) is 5.69 Å². The van der Waals surface area contributed by atoms with Gasteiger partial charge in [0.15, 0.2) is 0 Å². The molecule has 2 aliphatic heterocycles.